The summed E-state index contributed by atoms with van der Waals surface area (Å²) in [6, 6.07) is 4.25. The number of nitrogens with one attached hydrogen (secondary N) is 2. The maximum Gasteiger partial charge on any atom is 0.204 e. The molecule has 0 aromatic carbocycles. The molecule has 2 aliphatic rings. The molecule has 1 saturated heterocycles. The van der Waals surface area contributed by atoms with E-state index in [-0.39, 0.29) is 0 Å². The van der Waals surface area contributed by atoms with Crippen LogP contribution in [-0.2, 0) is 0 Å². The van der Waals surface area contributed by atoms with Gasteiger partial charge in [0.25, 0.3) is 0 Å². The second-order valence-corrected chi connectivity index (χ2v) is 6.95. The molecule has 2 N–H and O–H groups in total. The molecular formula is C17H20BrFN4O. The van der Waals surface area contributed by atoms with Crippen molar-refractivity contribution in [1.82, 2.24) is 10.3 Å². The van der Waals surface area contributed by atoms with Crippen LogP contribution >= 0.6 is 15.9 Å². The smallest absolute Gasteiger partial charge is 0.204 e. The molecule has 24 heavy (non-hydrogen) atoms. The molecule has 1 aliphatic heterocycles. The standard InChI is InChI=1S/C14H14BrN3O.C3H6FN/c15-13-11-6-10(7-16)19-12(11)8-17-14(13)18-9-4-2-1-3-5-9;4-3-1-5-2-3/h6,8-9H,1-5H2,(H,17,18);3,5H,1-2H2. The Kier molecular flexibility index (Phi) is 5.69. The fourth-order valence-corrected chi connectivity index (χ4v) is 3.36. The minimum Gasteiger partial charge on any atom is -0.444 e. The van der Waals surface area contributed by atoms with Gasteiger partial charge in [-0.1, -0.05) is 19.3 Å². The number of fused-ring (bicyclic) bond motifs is 1. The van der Waals surface area contributed by atoms with Gasteiger partial charge in [-0.2, -0.15) is 5.26 Å². The second-order valence-electron chi connectivity index (χ2n) is 6.16. The Morgan fingerprint density at radius 3 is 2.62 bits per heavy atom. The number of hydrogen-bond donors (Lipinski definition) is 2. The van der Waals surface area contributed by atoms with Crippen LogP contribution < -0.4 is 10.6 Å². The van der Waals surface area contributed by atoms with Gasteiger partial charge in [0.15, 0.2) is 5.58 Å². The summed E-state index contributed by atoms with van der Waals surface area (Å²) in [5.41, 5.74) is 0.637. The van der Waals surface area contributed by atoms with E-state index in [2.05, 4.69) is 31.5 Å². The fraction of sp³-hybridized carbons (Fsp3) is 0.529. The minimum absolute atomic E-state index is 0.312. The summed E-state index contributed by atoms with van der Waals surface area (Å²) in [6.45, 7) is 1.14. The predicted octanol–water partition coefficient (Wildman–Crippen LogP) is 4.13. The number of furan rings is 1. The van der Waals surface area contributed by atoms with Crippen LogP contribution in [0.5, 0.6) is 0 Å². The van der Waals surface area contributed by atoms with Gasteiger partial charge in [-0.3, -0.25) is 0 Å². The van der Waals surface area contributed by atoms with E-state index < -0.39 is 6.17 Å². The molecule has 2 fully saturated rings. The monoisotopic (exact) mass is 394 g/mol. The van der Waals surface area contributed by atoms with Gasteiger partial charge in [0.05, 0.1) is 10.7 Å². The molecule has 0 atom stereocenters. The molecule has 1 saturated carbocycles. The highest BCUT2D eigenvalue weighted by molar-refractivity contribution is 9.10. The van der Waals surface area contributed by atoms with Gasteiger partial charge in [-0.05, 0) is 28.8 Å². The summed E-state index contributed by atoms with van der Waals surface area (Å²) in [5.74, 6) is 1.15. The highest BCUT2D eigenvalue weighted by Crippen LogP contribution is 2.33. The van der Waals surface area contributed by atoms with E-state index in [9.17, 15) is 4.39 Å². The van der Waals surface area contributed by atoms with E-state index in [1.807, 2.05) is 6.07 Å². The lowest BCUT2D eigenvalue weighted by Crippen LogP contribution is -2.43. The van der Waals surface area contributed by atoms with Crippen molar-refractivity contribution in [3.63, 3.8) is 0 Å². The van der Waals surface area contributed by atoms with Gasteiger partial charge in [0, 0.05) is 30.6 Å². The second kappa shape index (κ2) is 7.95. The lowest BCUT2D eigenvalue weighted by molar-refractivity contribution is 0.237. The van der Waals surface area contributed by atoms with Gasteiger partial charge in [0.1, 0.15) is 18.1 Å². The first kappa shape index (κ1) is 17.2. The van der Waals surface area contributed by atoms with Crippen molar-refractivity contribution in [2.24, 2.45) is 0 Å². The van der Waals surface area contributed by atoms with Crippen molar-refractivity contribution < 1.29 is 8.81 Å². The van der Waals surface area contributed by atoms with E-state index in [0.717, 1.165) is 15.7 Å². The van der Waals surface area contributed by atoms with Crippen molar-refractivity contribution in [1.29, 1.82) is 5.26 Å². The number of rotatable bonds is 2. The van der Waals surface area contributed by atoms with Crippen LogP contribution in [0.15, 0.2) is 21.2 Å². The molecule has 0 spiro atoms. The third kappa shape index (κ3) is 4.05. The van der Waals surface area contributed by atoms with Crippen LogP contribution in [0.3, 0.4) is 0 Å². The van der Waals surface area contributed by atoms with E-state index in [1.54, 1.807) is 12.3 Å². The molecule has 0 bridgehead atoms. The Bertz CT molecular complexity index is 732. The fourth-order valence-electron chi connectivity index (χ4n) is 2.83. The Morgan fingerprint density at radius 2 is 2.04 bits per heavy atom. The minimum atomic E-state index is -0.546. The zero-order chi connectivity index (χ0) is 16.9. The largest absolute Gasteiger partial charge is 0.444 e. The zero-order valence-electron chi connectivity index (χ0n) is 13.3. The van der Waals surface area contributed by atoms with E-state index in [4.69, 9.17) is 9.68 Å². The third-order valence-electron chi connectivity index (χ3n) is 4.30. The number of anilines is 1. The summed E-state index contributed by atoms with van der Waals surface area (Å²) in [6.07, 6.45) is 7.41. The molecule has 0 unspecified atom stereocenters. The molecule has 1 aliphatic carbocycles. The van der Waals surface area contributed by atoms with Crippen LogP contribution in [0.4, 0.5) is 10.2 Å². The number of pyridine rings is 1. The van der Waals surface area contributed by atoms with Gasteiger partial charge in [0.2, 0.25) is 5.76 Å². The molecule has 7 heteroatoms. The Labute approximate surface area is 148 Å². The maximum atomic E-state index is 11.5. The topological polar surface area (TPSA) is 73.9 Å². The summed E-state index contributed by atoms with van der Waals surface area (Å²) in [5, 5.41) is 16.0. The lowest BCUT2D eigenvalue weighted by Gasteiger charge is -2.23. The van der Waals surface area contributed by atoms with Crippen molar-refractivity contribution in [3.8, 4) is 6.07 Å². The summed E-state index contributed by atoms with van der Waals surface area (Å²) < 4.78 is 17.7. The summed E-state index contributed by atoms with van der Waals surface area (Å²) in [4.78, 5) is 4.39. The normalized spacial score (nSPS) is 18.4. The number of hydrogen-bond acceptors (Lipinski definition) is 5. The van der Waals surface area contributed by atoms with Crippen molar-refractivity contribution in [2.75, 3.05) is 18.4 Å². The molecule has 5 nitrogen and oxygen atoms in total. The maximum absolute atomic E-state index is 11.5. The summed E-state index contributed by atoms with van der Waals surface area (Å²) in [7, 11) is 0. The van der Waals surface area contributed by atoms with Crippen molar-refractivity contribution >= 4 is 32.7 Å². The Morgan fingerprint density at radius 1 is 1.33 bits per heavy atom. The highest BCUT2D eigenvalue weighted by atomic mass is 79.9. The van der Waals surface area contributed by atoms with E-state index >= 15 is 0 Å². The molecule has 4 rings (SSSR count). The number of alkyl halides is 1. The van der Waals surface area contributed by atoms with Crippen LogP contribution in [-0.4, -0.2) is 30.3 Å². The van der Waals surface area contributed by atoms with Crippen LogP contribution in [0.1, 0.15) is 37.9 Å². The molecule has 128 valence electrons. The SMILES string of the molecule is FC1CNC1.N#Cc1cc2c(Br)c(NC3CCCCC3)ncc2o1. The third-order valence-corrected chi connectivity index (χ3v) is 5.11. The van der Waals surface area contributed by atoms with E-state index in [1.165, 1.54) is 32.1 Å². The van der Waals surface area contributed by atoms with Crippen LogP contribution in [0, 0.1) is 11.3 Å². The number of aromatic nitrogens is 1. The van der Waals surface area contributed by atoms with Crippen molar-refractivity contribution in [3.05, 3.63) is 22.5 Å². The van der Waals surface area contributed by atoms with Crippen LogP contribution in [0.2, 0.25) is 0 Å². The molecule has 2 aromatic heterocycles. The molecule has 0 radical (unpaired) electrons. The average Bonchev–Trinajstić information content (AvgIpc) is 3.01. The number of halogens is 2. The first-order valence-corrected chi connectivity index (χ1v) is 9.06. The molecule has 2 aromatic rings. The van der Waals surface area contributed by atoms with Crippen LogP contribution in [0.25, 0.3) is 11.0 Å². The van der Waals surface area contributed by atoms with Gasteiger partial charge < -0.3 is 15.1 Å². The lowest BCUT2D eigenvalue weighted by atomic mass is 9.95. The first-order valence-electron chi connectivity index (χ1n) is 8.27. The number of nitriles is 1. The van der Waals surface area contributed by atoms with E-state index in [0.29, 0.717) is 30.5 Å². The number of nitrogens with zero attached hydrogens (tertiary/aromatic N) is 2. The Balaban J connectivity index is 0.000000290. The molecule has 0 amide bonds. The first-order chi connectivity index (χ1) is 11.7. The van der Waals surface area contributed by atoms with Gasteiger partial charge in [-0.15, -0.1) is 0 Å². The molecular weight excluding hydrogens is 375 g/mol. The average molecular weight is 395 g/mol. The van der Waals surface area contributed by atoms with Gasteiger partial charge >= 0.3 is 0 Å². The van der Waals surface area contributed by atoms with Crippen molar-refractivity contribution in [2.45, 2.75) is 44.3 Å². The highest BCUT2D eigenvalue weighted by Gasteiger charge is 2.17. The zero-order valence-corrected chi connectivity index (χ0v) is 14.9. The van der Waals surface area contributed by atoms with Gasteiger partial charge in [-0.25, -0.2) is 9.37 Å². The summed E-state index contributed by atoms with van der Waals surface area (Å²) >= 11 is 3.56. The predicted molar refractivity (Wildman–Crippen MR) is 94.7 cm³/mol. The molecule has 3 heterocycles. The quantitative estimate of drug-likeness (QED) is 0.800. The Hall–Kier alpha value is -1.65.